The van der Waals surface area contributed by atoms with Crippen molar-refractivity contribution in [1.29, 1.82) is 0 Å². The Morgan fingerprint density at radius 3 is 2.83 bits per heavy atom. The maximum Gasteiger partial charge on any atom is 0.242 e. The normalized spacial score (nSPS) is 17.6. The van der Waals surface area contributed by atoms with Gasteiger partial charge in [-0.1, -0.05) is 28.5 Å². The molecule has 0 aliphatic carbocycles. The van der Waals surface area contributed by atoms with Gasteiger partial charge in [0.05, 0.1) is 6.54 Å². The molecule has 1 aromatic carbocycles. The minimum atomic E-state index is -0.408. The Hall–Kier alpha value is -3.20. The molecule has 9 heteroatoms. The fourth-order valence-electron chi connectivity index (χ4n) is 3.61. The number of para-hydroxylation sites is 1. The Kier molecular flexibility index (Phi) is 5.30. The van der Waals surface area contributed by atoms with Crippen molar-refractivity contribution in [3.05, 3.63) is 47.9 Å². The summed E-state index contributed by atoms with van der Waals surface area (Å²) in [5, 5.41) is 11.5. The third-order valence-electron chi connectivity index (χ3n) is 5.47. The van der Waals surface area contributed by atoms with Gasteiger partial charge in [0.15, 0.2) is 0 Å². The first-order valence-corrected chi connectivity index (χ1v) is 9.60. The molecule has 2 aromatic heterocycles. The van der Waals surface area contributed by atoms with Gasteiger partial charge in [-0.25, -0.2) is 4.63 Å². The van der Waals surface area contributed by atoms with Gasteiger partial charge in [-0.2, -0.15) is 0 Å². The minimum Gasteiger partial charge on any atom is -0.349 e. The molecule has 1 fully saturated rings. The Labute approximate surface area is 168 Å². The maximum absolute atomic E-state index is 12.9. The monoisotopic (exact) mass is 396 g/mol. The summed E-state index contributed by atoms with van der Waals surface area (Å²) in [6, 6.07) is 9.57. The minimum absolute atomic E-state index is 0.00815. The molecule has 0 saturated carbocycles. The van der Waals surface area contributed by atoms with E-state index in [4.69, 9.17) is 0 Å². The lowest BCUT2D eigenvalue weighted by molar-refractivity contribution is -0.138. The smallest absolute Gasteiger partial charge is 0.242 e. The summed E-state index contributed by atoms with van der Waals surface area (Å²) >= 11 is 0. The third kappa shape index (κ3) is 4.00. The number of nitrogens with one attached hydrogen (secondary N) is 1. The number of carbonyl (C=O) groups excluding carboxylic acids is 2. The average molecular weight is 396 g/mol. The van der Waals surface area contributed by atoms with Crippen LogP contribution in [0.2, 0.25) is 0 Å². The van der Waals surface area contributed by atoms with Crippen LogP contribution in [0, 0.1) is 6.92 Å². The van der Waals surface area contributed by atoms with Crippen LogP contribution in [0.5, 0.6) is 0 Å². The van der Waals surface area contributed by atoms with E-state index in [1.165, 1.54) is 0 Å². The van der Waals surface area contributed by atoms with Crippen molar-refractivity contribution in [3.63, 3.8) is 0 Å². The number of rotatable bonds is 5. The maximum atomic E-state index is 12.9. The number of benzene rings is 1. The van der Waals surface area contributed by atoms with Crippen molar-refractivity contribution < 1.29 is 14.2 Å². The molecule has 2 amide bonds. The van der Waals surface area contributed by atoms with E-state index in [1.54, 1.807) is 11.8 Å². The van der Waals surface area contributed by atoms with Crippen molar-refractivity contribution in [1.82, 2.24) is 30.0 Å². The zero-order chi connectivity index (χ0) is 20.4. The van der Waals surface area contributed by atoms with Crippen LogP contribution in [0.15, 0.2) is 41.2 Å². The molecule has 0 unspecified atom stereocenters. The molecule has 0 spiro atoms. The predicted octanol–water partition coefficient (Wildman–Crippen LogP) is 0.792. The van der Waals surface area contributed by atoms with Gasteiger partial charge in [0.1, 0.15) is 24.0 Å². The Morgan fingerprint density at radius 1 is 1.21 bits per heavy atom. The van der Waals surface area contributed by atoms with Gasteiger partial charge in [0.2, 0.25) is 11.8 Å². The molecule has 4 rings (SSSR count). The molecule has 152 valence electrons. The average Bonchev–Trinajstić information content (AvgIpc) is 3.32. The van der Waals surface area contributed by atoms with Crippen LogP contribution in [-0.4, -0.2) is 69.2 Å². The second-order valence-electron chi connectivity index (χ2n) is 7.35. The van der Waals surface area contributed by atoms with Gasteiger partial charge in [0, 0.05) is 31.3 Å². The topological polar surface area (TPSA) is 96.5 Å². The number of aromatic nitrogens is 3. The van der Waals surface area contributed by atoms with Crippen molar-refractivity contribution in [2.24, 2.45) is 0 Å². The zero-order valence-corrected chi connectivity index (χ0v) is 16.5. The lowest BCUT2D eigenvalue weighted by Gasteiger charge is -2.38. The molecule has 1 atom stereocenters. The van der Waals surface area contributed by atoms with Crippen molar-refractivity contribution in [2.45, 2.75) is 26.1 Å². The highest BCUT2D eigenvalue weighted by molar-refractivity contribution is 5.85. The molecule has 3 aromatic rings. The first kappa shape index (κ1) is 19.1. The van der Waals surface area contributed by atoms with E-state index in [9.17, 15) is 9.59 Å². The van der Waals surface area contributed by atoms with Gasteiger partial charge in [-0.05, 0) is 31.5 Å². The number of fused-ring (bicyclic) bond motifs is 1. The van der Waals surface area contributed by atoms with Gasteiger partial charge in [-0.3, -0.25) is 14.5 Å². The lowest BCUT2D eigenvalue weighted by Crippen LogP contribution is -2.59. The number of aryl methyl sites for hydroxylation is 1. The quantitative estimate of drug-likeness (QED) is 0.685. The van der Waals surface area contributed by atoms with Crippen LogP contribution < -0.4 is 5.32 Å². The second kappa shape index (κ2) is 8.04. The molecule has 3 heterocycles. The van der Waals surface area contributed by atoms with Crippen LogP contribution in [0.1, 0.15) is 11.4 Å². The number of amides is 2. The molecule has 29 heavy (non-hydrogen) atoms. The van der Waals surface area contributed by atoms with Gasteiger partial charge < -0.3 is 14.8 Å². The third-order valence-corrected chi connectivity index (χ3v) is 5.47. The Bertz CT molecular complexity index is 1030. The Balaban J connectivity index is 1.39. The Morgan fingerprint density at radius 2 is 2.03 bits per heavy atom. The second-order valence-corrected chi connectivity index (χ2v) is 7.35. The molecular formula is C20H24N6O3. The predicted molar refractivity (Wildman–Crippen MR) is 106 cm³/mol. The van der Waals surface area contributed by atoms with E-state index in [1.807, 2.05) is 53.0 Å². The highest BCUT2D eigenvalue weighted by Gasteiger charge is 2.32. The zero-order valence-electron chi connectivity index (χ0n) is 16.5. The number of hydrogen-bond donors (Lipinski definition) is 1. The van der Waals surface area contributed by atoms with E-state index in [0.29, 0.717) is 31.0 Å². The first-order valence-electron chi connectivity index (χ1n) is 9.60. The van der Waals surface area contributed by atoms with Gasteiger partial charge >= 0.3 is 0 Å². The summed E-state index contributed by atoms with van der Waals surface area (Å²) in [5.41, 5.74) is 2.28. The molecule has 1 N–H and O–H groups in total. The summed E-state index contributed by atoms with van der Waals surface area (Å²) in [6.07, 6.45) is 1.93. The fourth-order valence-corrected chi connectivity index (χ4v) is 3.61. The van der Waals surface area contributed by atoms with Crippen LogP contribution in [0.4, 0.5) is 0 Å². The van der Waals surface area contributed by atoms with Crippen molar-refractivity contribution in [3.8, 4) is 0 Å². The lowest BCUT2D eigenvalue weighted by atomic mass is 10.1. The molecule has 0 radical (unpaired) electrons. The molecule has 0 bridgehead atoms. The van der Waals surface area contributed by atoms with Gasteiger partial charge in [0.25, 0.3) is 0 Å². The van der Waals surface area contributed by atoms with E-state index in [0.717, 1.165) is 10.9 Å². The number of hydrogen-bond acceptors (Lipinski definition) is 6. The van der Waals surface area contributed by atoms with Crippen LogP contribution >= 0.6 is 0 Å². The number of nitrogens with zero attached hydrogens (tertiary/aromatic N) is 5. The fraction of sp³-hybridized carbons (Fsp3) is 0.400. The largest absolute Gasteiger partial charge is 0.349 e. The summed E-state index contributed by atoms with van der Waals surface area (Å²) in [6.45, 7) is 3.88. The first-order chi connectivity index (χ1) is 14.0. The summed E-state index contributed by atoms with van der Waals surface area (Å²) in [5.74, 6) is -0.132. The standard InChI is InChI=1S/C20H24N6O3/c1-14-16(23-29-22-14)11-21-20(28)18-12-26(10-9-24(18)2)19(27)13-25-8-7-15-5-3-4-6-17(15)25/h3-8,18H,9-13H2,1-2H3,(H,21,28)/t18-/m0/s1. The summed E-state index contributed by atoms with van der Waals surface area (Å²) < 4.78 is 6.61. The van der Waals surface area contributed by atoms with E-state index >= 15 is 0 Å². The van der Waals surface area contributed by atoms with Crippen LogP contribution in [0.25, 0.3) is 10.9 Å². The number of piperazine rings is 1. The van der Waals surface area contributed by atoms with Crippen molar-refractivity contribution >= 4 is 22.7 Å². The van der Waals surface area contributed by atoms with E-state index in [2.05, 4.69) is 20.3 Å². The summed E-state index contributed by atoms with van der Waals surface area (Å²) in [4.78, 5) is 29.3. The molecule has 9 nitrogen and oxygen atoms in total. The highest BCUT2D eigenvalue weighted by atomic mass is 16.6. The van der Waals surface area contributed by atoms with Gasteiger partial charge in [-0.15, -0.1) is 0 Å². The van der Waals surface area contributed by atoms with Crippen LogP contribution in [-0.2, 0) is 22.7 Å². The number of likely N-dealkylation sites (N-methyl/N-ethyl adjacent to an activating group) is 1. The van der Waals surface area contributed by atoms with Crippen LogP contribution in [0.3, 0.4) is 0 Å². The molecule has 1 aliphatic heterocycles. The molecular weight excluding hydrogens is 372 g/mol. The van der Waals surface area contributed by atoms with Crippen molar-refractivity contribution in [2.75, 3.05) is 26.7 Å². The number of carbonyl (C=O) groups is 2. The van der Waals surface area contributed by atoms with E-state index < -0.39 is 6.04 Å². The molecule has 1 saturated heterocycles. The van der Waals surface area contributed by atoms with E-state index in [-0.39, 0.29) is 24.9 Å². The summed E-state index contributed by atoms with van der Waals surface area (Å²) in [7, 11) is 1.90. The SMILES string of the molecule is Cc1nonc1CNC(=O)[C@@H]1CN(C(=O)Cn2ccc3ccccc32)CCN1C. The highest BCUT2D eigenvalue weighted by Crippen LogP contribution is 2.16. The molecule has 1 aliphatic rings.